The lowest BCUT2D eigenvalue weighted by molar-refractivity contribution is 0.306. The largest absolute Gasteiger partial charge is 0.490 e. The van der Waals surface area contributed by atoms with Crippen LogP contribution in [-0.4, -0.2) is 26.2 Å². The van der Waals surface area contributed by atoms with Gasteiger partial charge < -0.3 is 15.0 Å². The monoisotopic (exact) mass is 360 g/mol. The van der Waals surface area contributed by atoms with E-state index in [1.54, 1.807) is 12.1 Å². The van der Waals surface area contributed by atoms with Gasteiger partial charge >= 0.3 is 0 Å². The van der Waals surface area contributed by atoms with Crippen LogP contribution in [0.5, 0.6) is 5.75 Å². The van der Waals surface area contributed by atoms with Gasteiger partial charge in [-0.1, -0.05) is 23.7 Å². The quantitative estimate of drug-likeness (QED) is 0.880. The lowest BCUT2D eigenvalue weighted by atomic mass is 9.89. The Labute approximate surface area is 152 Å². The van der Waals surface area contributed by atoms with Gasteiger partial charge in [0.05, 0.1) is 12.2 Å². The summed E-state index contributed by atoms with van der Waals surface area (Å²) in [6.45, 7) is 4.03. The van der Waals surface area contributed by atoms with Crippen LogP contribution >= 0.6 is 11.6 Å². The molecule has 0 radical (unpaired) electrons. The molecule has 0 unspecified atom stereocenters. The van der Waals surface area contributed by atoms with Crippen molar-refractivity contribution in [3.8, 4) is 5.75 Å². The number of rotatable bonds is 3. The van der Waals surface area contributed by atoms with Crippen molar-refractivity contribution in [1.29, 1.82) is 0 Å². The van der Waals surface area contributed by atoms with E-state index in [1.165, 1.54) is 11.6 Å². The van der Waals surface area contributed by atoms with Gasteiger partial charge in [0, 0.05) is 17.1 Å². The van der Waals surface area contributed by atoms with E-state index in [0.717, 1.165) is 43.9 Å². The molecule has 0 aliphatic carbocycles. The molecule has 2 aliphatic heterocycles. The summed E-state index contributed by atoms with van der Waals surface area (Å²) in [6.07, 6.45) is 2.32. The minimum absolute atomic E-state index is 0.255. The zero-order valence-electron chi connectivity index (χ0n) is 14.1. The number of anilines is 1. The van der Waals surface area contributed by atoms with E-state index < -0.39 is 0 Å². The van der Waals surface area contributed by atoms with Gasteiger partial charge in [-0.05, 0) is 61.7 Å². The predicted molar refractivity (Wildman–Crippen MR) is 99.2 cm³/mol. The number of ether oxygens (including phenoxy) is 1. The molecule has 1 saturated heterocycles. The first-order valence-corrected chi connectivity index (χ1v) is 9.25. The Kier molecular flexibility index (Phi) is 4.82. The highest BCUT2D eigenvalue weighted by Gasteiger charge is 2.22. The number of nitrogens with one attached hydrogen (secondary N) is 1. The summed E-state index contributed by atoms with van der Waals surface area (Å²) in [5.74, 6) is 1.22. The van der Waals surface area contributed by atoms with Gasteiger partial charge in [-0.2, -0.15) is 0 Å². The number of fused-ring (bicyclic) bond motifs is 1. The van der Waals surface area contributed by atoms with Crippen LogP contribution in [0.3, 0.4) is 0 Å². The van der Waals surface area contributed by atoms with Gasteiger partial charge in [0.2, 0.25) is 0 Å². The van der Waals surface area contributed by atoms with E-state index in [9.17, 15) is 4.39 Å². The van der Waals surface area contributed by atoms with Crippen LogP contribution in [0.25, 0.3) is 0 Å². The second kappa shape index (κ2) is 7.22. The van der Waals surface area contributed by atoms with Crippen LogP contribution in [0.15, 0.2) is 36.4 Å². The van der Waals surface area contributed by atoms with Gasteiger partial charge in [0.15, 0.2) is 0 Å². The molecule has 1 N–H and O–H groups in total. The SMILES string of the molecule is Fc1cc(Cl)ccc1CN1CCOc2ccc(C3CCNCC3)cc21. The van der Waals surface area contributed by atoms with Crippen LogP contribution in [0.1, 0.15) is 29.9 Å². The molecule has 0 atom stereocenters. The highest BCUT2D eigenvalue weighted by atomic mass is 35.5. The Hall–Kier alpha value is -1.78. The molecular formula is C20H22ClFN2O. The van der Waals surface area contributed by atoms with Gasteiger partial charge in [-0.3, -0.25) is 0 Å². The minimum Gasteiger partial charge on any atom is -0.490 e. The maximum Gasteiger partial charge on any atom is 0.142 e. The molecule has 2 aliphatic rings. The first kappa shape index (κ1) is 16.7. The number of halogens is 2. The average Bonchev–Trinajstić information content (AvgIpc) is 2.64. The van der Waals surface area contributed by atoms with Crippen molar-refractivity contribution in [3.05, 3.63) is 58.4 Å². The third-order valence-corrected chi connectivity index (χ3v) is 5.36. The van der Waals surface area contributed by atoms with E-state index in [1.807, 2.05) is 0 Å². The van der Waals surface area contributed by atoms with Crippen LogP contribution < -0.4 is 15.0 Å². The van der Waals surface area contributed by atoms with Gasteiger partial charge in [-0.15, -0.1) is 0 Å². The zero-order valence-corrected chi connectivity index (χ0v) is 14.9. The van der Waals surface area contributed by atoms with Gasteiger partial charge in [0.1, 0.15) is 18.2 Å². The fraction of sp³-hybridized carbons (Fsp3) is 0.400. The lowest BCUT2D eigenvalue weighted by Gasteiger charge is -2.33. The maximum atomic E-state index is 14.2. The van der Waals surface area contributed by atoms with Crippen molar-refractivity contribution in [2.45, 2.75) is 25.3 Å². The Morgan fingerprint density at radius 1 is 1.16 bits per heavy atom. The van der Waals surface area contributed by atoms with E-state index >= 15 is 0 Å². The molecule has 3 nitrogen and oxygen atoms in total. The predicted octanol–water partition coefficient (Wildman–Crippen LogP) is 4.35. The summed E-state index contributed by atoms with van der Waals surface area (Å²) in [7, 11) is 0. The average molecular weight is 361 g/mol. The lowest BCUT2D eigenvalue weighted by Crippen LogP contribution is -2.33. The molecule has 25 heavy (non-hydrogen) atoms. The summed E-state index contributed by atoms with van der Waals surface area (Å²) in [4.78, 5) is 2.20. The zero-order chi connectivity index (χ0) is 17.2. The molecule has 0 spiro atoms. The summed E-state index contributed by atoms with van der Waals surface area (Å²) in [5.41, 5.74) is 3.08. The topological polar surface area (TPSA) is 24.5 Å². The molecule has 0 saturated carbocycles. The first-order valence-electron chi connectivity index (χ1n) is 8.87. The summed E-state index contributed by atoms with van der Waals surface area (Å²) in [6, 6.07) is 11.4. The minimum atomic E-state index is -0.255. The second-order valence-corrected chi connectivity index (χ2v) is 7.19. The number of nitrogens with zero attached hydrogens (tertiary/aromatic N) is 1. The first-order chi connectivity index (χ1) is 12.2. The third kappa shape index (κ3) is 3.60. The third-order valence-electron chi connectivity index (χ3n) is 5.13. The highest BCUT2D eigenvalue weighted by molar-refractivity contribution is 6.30. The Morgan fingerprint density at radius 3 is 2.80 bits per heavy atom. The van der Waals surface area contributed by atoms with Crippen LogP contribution in [0.4, 0.5) is 10.1 Å². The normalized spacial score (nSPS) is 17.9. The number of hydrogen-bond donors (Lipinski definition) is 1. The van der Waals surface area contributed by atoms with Crippen molar-refractivity contribution in [2.24, 2.45) is 0 Å². The summed E-state index contributed by atoms with van der Waals surface area (Å²) >= 11 is 5.87. The summed E-state index contributed by atoms with van der Waals surface area (Å²) < 4.78 is 20.0. The molecule has 1 fully saturated rings. The van der Waals surface area contributed by atoms with Gasteiger partial charge in [-0.25, -0.2) is 4.39 Å². The number of benzene rings is 2. The molecule has 4 rings (SSSR count). The van der Waals surface area contributed by atoms with Crippen molar-refractivity contribution >= 4 is 17.3 Å². The fourth-order valence-electron chi connectivity index (χ4n) is 3.72. The Bertz CT molecular complexity index is 761. The van der Waals surface area contributed by atoms with Crippen molar-refractivity contribution in [1.82, 2.24) is 5.32 Å². The Balaban J connectivity index is 1.61. The van der Waals surface area contributed by atoms with Crippen LogP contribution in [0.2, 0.25) is 5.02 Å². The Morgan fingerprint density at radius 2 is 2.00 bits per heavy atom. The summed E-state index contributed by atoms with van der Waals surface area (Å²) in [5, 5.41) is 3.84. The molecule has 2 aromatic rings. The number of hydrogen-bond acceptors (Lipinski definition) is 3. The van der Waals surface area contributed by atoms with Crippen molar-refractivity contribution < 1.29 is 9.13 Å². The molecule has 0 aromatic heterocycles. The molecule has 132 valence electrons. The van der Waals surface area contributed by atoms with E-state index in [4.69, 9.17) is 16.3 Å². The molecular weight excluding hydrogens is 339 g/mol. The molecule has 5 heteroatoms. The molecule has 0 amide bonds. The maximum absolute atomic E-state index is 14.2. The smallest absolute Gasteiger partial charge is 0.142 e. The van der Waals surface area contributed by atoms with Crippen molar-refractivity contribution in [2.75, 3.05) is 31.1 Å². The molecule has 2 aromatic carbocycles. The van der Waals surface area contributed by atoms with Crippen molar-refractivity contribution in [3.63, 3.8) is 0 Å². The highest BCUT2D eigenvalue weighted by Crippen LogP contribution is 2.37. The van der Waals surface area contributed by atoms with Crippen LogP contribution in [-0.2, 0) is 6.54 Å². The van der Waals surface area contributed by atoms with Gasteiger partial charge in [0.25, 0.3) is 0 Å². The van der Waals surface area contributed by atoms with E-state index in [0.29, 0.717) is 29.7 Å². The van der Waals surface area contributed by atoms with E-state index in [2.05, 4.69) is 28.4 Å². The second-order valence-electron chi connectivity index (χ2n) is 6.76. The standard InChI is InChI=1S/C20H22ClFN2O/c21-17-3-1-16(18(22)12-17)13-24-9-10-25-20-4-2-15(11-19(20)24)14-5-7-23-8-6-14/h1-4,11-12,14,23H,5-10,13H2. The fourth-order valence-corrected chi connectivity index (χ4v) is 3.88. The number of piperidine rings is 1. The molecule has 0 bridgehead atoms. The van der Waals surface area contributed by atoms with Crippen LogP contribution in [0, 0.1) is 5.82 Å². The molecule has 2 heterocycles. The van der Waals surface area contributed by atoms with E-state index in [-0.39, 0.29) is 5.82 Å².